The molecule has 0 heterocycles. The molecule has 64 valence electrons. The van der Waals surface area contributed by atoms with Crippen molar-refractivity contribution in [1.82, 2.24) is 0 Å². The summed E-state index contributed by atoms with van der Waals surface area (Å²) in [6.07, 6.45) is 0. The van der Waals surface area contributed by atoms with Crippen LogP contribution in [-0.2, 0) is 19.1 Å². The van der Waals surface area contributed by atoms with Gasteiger partial charge in [-0.1, -0.05) is 0 Å². The van der Waals surface area contributed by atoms with Crippen LogP contribution >= 0.6 is 0 Å². The highest BCUT2D eigenvalue weighted by Gasteiger charge is 2.05. The lowest BCUT2D eigenvalue weighted by molar-refractivity contribution is -0.160. The number of hydrogen-bond donors (Lipinski definition) is 1. The van der Waals surface area contributed by atoms with Gasteiger partial charge in [-0.25, -0.2) is 9.59 Å². The molecule has 1 N–H and O–H groups in total. The summed E-state index contributed by atoms with van der Waals surface area (Å²) < 4.78 is 8.68. The Labute approximate surface area is 63.9 Å². The first-order valence-corrected chi connectivity index (χ1v) is 3.12. The van der Waals surface area contributed by atoms with Crippen LogP contribution in [0.15, 0.2) is 0 Å². The van der Waals surface area contributed by atoms with Gasteiger partial charge in [0, 0.05) is 0 Å². The van der Waals surface area contributed by atoms with Crippen molar-refractivity contribution in [2.24, 2.45) is 0 Å². The molecule has 0 atom stereocenters. The van der Waals surface area contributed by atoms with Gasteiger partial charge >= 0.3 is 11.9 Å². The molecule has 11 heavy (non-hydrogen) atoms. The Balaban J connectivity index is 3.38. The van der Waals surface area contributed by atoms with Crippen LogP contribution in [0.3, 0.4) is 0 Å². The Bertz CT molecular complexity index is 142. The molecular weight excluding hydrogens is 152 g/mol. The number of esters is 2. The summed E-state index contributed by atoms with van der Waals surface area (Å²) in [5, 5.41) is 8.15. The van der Waals surface area contributed by atoms with Gasteiger partial charge in [0.2, 0.25) is 0 Å². The normalized spacial score (nSPS) is 8.91. The van der Waals surface area contributed by atoms with Gasteiger partial charge in [0.25, 0.3) is 0 Å². The van der Waals surface area contributed by atoms with E-state index in [1.54, 1.807) is 6.92 Å². The Morgan fingerprint density at radius 1 is 1.27 bits per heavy atom. The van der Waals surface area contributed by atoms with Gasteiger partial charge in [-0.2, -0.15) is 0 Å². The molecule has 0 unspecified atom stereocenters. The first-order chi connectivity index (χ1) is 5.20. The lowest BCUT2D eigenvalue weighted by Gasteiger charge is -2.01. The zero-order valence-electron chi connectivity index (χ0n) is 6.20. The number of hydrogen-bond acceptors (Lipinski definition) is 5. The number of aliphatic hydroxyl groups is 1. The molecule has 5 heteroatoms. The molecule has 0 aromatic heterocycles. The number of carbonyl (C=O) groups is 2. The fourth-order valence-electron chi connectivity index (χ4n) is 0.388. The summed E-state index contributed by atoms with van der Waals surface area (Å²) >= 11 is 0. The second-order valence-corrected chi connectivity index (χ2v) is 1.62. The summed E-state index contributed by atoms with van der Waals surface area (Å²) in [7, 11) is 0. The van der Waals surface area contributed by atoms with Crippen molar-refractivity contribution in [2.45, 2.75) is 6.92 Å². The van der Waals surface area contributed by atoms with Gasteiger partial charge in [0.05, 0.1) is 6.61 Å². The van der Waals surface area contributed by atoms with E-state index < -0.39 is 25.2 Å². The molecule has 0 aromatic carbocycles. The predicted molar refractivity (Wildman–Crippen MR) is 34.7 cm³/mol. The average molecular weight is 162 g/mol. The Kier molecular flexibility index (Phi) is 5.10. The van der Waals surface area contributed by atoms with Crippen molar-refractivity contribution >= 4 is 11.9 Å². The summed E-state index contributed by atoms with van der Waals surface area (Å²) in [6.45, 7) is 0.730. The Morgan fingerprint density at radius 2 is 1.91 bits per heavy atom. The molecule has 0 fully saturated rings. The van der Waals surface area contributed by atoms with Crippen molar-refractivity contribution in [1.29, 1.82) is 0 Å². The van der Waals surface area contributed by atoms with Crippen molar-refractivity contribution in [3.8, 4) is 0 Å². The molecule has 0 spiro atoms. The maximum atomic E-state index is 10.5. The van der Waals surface area contributed by atoms with Crippen molar-refractivity contribution in [3.63, 3.8) is 0 Å². The molecule has 0 aliphatic rings. The monoisotopic (exact) mass is 162 g/mol. The second kappa shape index (κ2) is 5.67. The molecule has 0 aliphatic carbocycles. The molecule has 5 nitrogen and oxygen atoms in total. The van der Waals surface area contributed by atoms with Crippen LogP contribution in [0.25, 0.3) is 0 Å². The number of carbonyl (C=O) groups excluding carboxylic acids is 2. The molecule has 0 radical (unpaired) electrons. The van der Waals surface area contributed by atoms with E-state index in [4.69, 9.17) is 5.11 Å². The molecular formula is C6H10O5. The van der Waals surface area contributed by atoms with Crippen LogP contribution in [0.1, 0.15) is 6.92 Å². The summed E-state index contributed by atoms with van der Waals surface area (Å²) in [6, 6.07) is 0. The van der Waals surface area contributed by atoms with Crippen LogP contribution in [0.5, 0.6) is 0 Å². The highest BCUT2D eigenvalue weighted by molar-refractivity contribution is 5.76. The third-order valence-electron chi connectivity index (χ3n) is 0.785. The molecule has 0 aliphatic heterocycles. The standard InChI is InChI=1S/C6H10O5/c1-2-10-6(9)4-11-5(8)3-7/h7H,2-4H2,1H3. The summed E-state index contributed by atoms with van der Waals surface area (Å²) in [5.74, 6) is -1.45. The third-order valence-corrected chi connectivity index (χ3v) is 0.785. The first-order valence-electron chi connectivity index (χ1n) is 3.12. The van der Waals surface area contributed by atoms with Crippen molar-refractivity contribution < 1.29 is 24.2 Å². The highest BCUT2D eigenvalue weighted by atomic mass is 16.6. The topological polar surface area (TPSA) is 72.8 Å². The van der Waals surface area contributed by atoms with Gasteiger partial charge < -0.3 is 14.6 Å². The number of aliphatic hydroxyl groups excluding tert-OH is 1. The maximum absolute atomic E-state index is 10.5. The lowest BCUT2D eigenvalue weighted by atomic mass is 10.7. The van der Waals surface area contributed by atoms with Crippen molar-refractivity contribution in [2.75, 3.05) is 19.8 Å². The van der Waals surface area contributed by atoms with Crippen LogP contribution < -0.4 is 0 Å². The Hall–Kier alpha value is -1.10. The molecule has 0 aromatic rings. The quantitative estimate of drug-likeness (QED) is 0.541. The van der Waals surface area contributed by atoms with Crippen LogP contribution in [0.4, 0.5) is 0 Å². The van der Waals surface area contributed by atoms with E-state index in [0.29, 0.717) is 0 Å². The van der Waals surface area contributed by atoms with Crippen LogP contribution in [0.2, 0.25) is 0 Å². The first kappa shape index (κ1) is 9.90. The zero-order valence-corrected chi connectivity index (χ0v) is 6.20. The van der Waals surface area contributed by atoms with Gasteiger partial charge in [-0.05, 0) is 6.92 Å². The molecule has 0 saturated heterocycles. The fourth-order valence-corrected chi connectivity index (χ4v) is 0.388. The maximum Gasteiger partial charge on any atom is 0.344 e. The average Bonchev–Trinajstić information content (AvgIpc) is 2.01. The minimum atomic E-state index is -0.835. The fraction of sp³-hybridized carbons (Fsp3) is 0.667. The highest BCUT2D eigenvalue weighted by Crippen LogP contribution is 1.81. The van der Waals surface area contributed by atoms with E-state index in [9.17, 15) is 9.59 Å². The van der Waals surface area contributed by atoms with Gasteiger partial charge in [0.15, 0.2) is 6.61 Å². The molecule has 0 amide bonds. The summed E-state index contributed by atoms with van der Waals surface area (Å²) in [5.41, 5.74) is 0. The van der Waals surface area contributed by atoms with E-state index in [2.05, 4.69) is 9.47 Å². The predicted octanol–water partition coefficient (Wildman–Crippen LogP) is -0.915. The lowest BCUT2D eigenvalue weighted by Crippen LogP contribution is -2.18. The zero-order chi connectivity index (χ0) is 8.69. The van der Waals surface area contributed by atoms with Gasteiger partial charge in [-0.3, -0.25) is 0 Å². The number of ether oxygens (including phenoxy) is 2. The van der Waals surface area contributed by atoms with Crippen molar-refractivity contribution in [3.05, 3.63) is 0 Å². The van der Waals surface area contributed by atoms with E-state index in [1.165, 1.54) is 0 Å². The molecule has 0 rings (SSSR count). The van der Waals surface area contributed by atoms with E-state index in [0.717, 1.165) is 0 Å². The minimum absolute atomic E-state index is 0.246. The largest absolute Gasteiger partial charge is 0.463 e. The molecule has 0 bridgehead atoms. The third kappa shape index (κ3) is 5.35. The van der Waals surface area contributed by atoms with Crippen LogP contribution in [-0.4, -0.2) is 36.9 Å². The molecule has 0 saturated carbocycles. The number of rotatable bonds is 4. The Morgan fingerprint density at radius 3 is 2.36 bits per heavy atom. The summed E-state index contributed by atoms with van der Waals surface area (Å²) in [4.78, 5) is 20.7. The smallest absolute Gasteiger partial charge is 0.344 e. The van der Waals surface area contributed by atoms with Gasteiger partial charge in [-0.15, -0.1) is 0 Å². The van der Waals surface area contributed by atoms with E-state index in [1.807, 2.05) is 0 Å². The van der Waals surface area contributed by atoms with Crippen LogP contribution in [0, 0.1) is 0 Å². The van der Waals surface area contributed by atoms with E-state index >= 15 is 0 Å². The van der Waals surface area contributed by atoms with E-state index in [-0.39, 0.29) is 6.61 Å². The minimum Gasteiger partial charge on any atom is -0.463 e. The second-order valence-electron chi connectivity index (χ2n) is 1.62. The van der Waals surface area contributed by atoms with Gasteiger partial charge in [0.1, 0.15) is 6.61 Å². The SMILES string of the molecule is CCOC(=O)COC(=O)CO.